The van der Waals surface area contributed by atoms with Crippen LogP contribution in [0.4, 0.5) is 0 Å². The molecule has 1 atom stereocenters. The van der Waals surface area contributed by atoms with Gasteiger partial charge in [0.25, 0.3) is 5.91 Å². The fraction of sp³-hybridized carbons (Fsp3) is 0.316. The first-order valence-electron chi connectivity index (χ1n) is 8.48. The molecule has 0 radical (unpaired) electrons. The summed E-state index contributed by atoms with van der Waals surface area (Å²) in [5.74, 6) is -1.95. The largest absolute Gasteiger partial charge is 0.475 e. The Balaban J connectivity index is 1.47. The van der Waals surface area contributed by atoms with E-state index in [0.29, 0.717) is 32.4 Å². The summed E-state index contributed by atoms with van der Waals surface area (Å²) in [6.45, 7) is 1.04. The highest BCUT2D eigenvalue weighted by Crippen LogP contribution is 2.14. The highest BCUT2D eigenvalue weighted by Gasteiger charge is 2.28. The van der Waals surface area contributed by atoms with Crippen molar-refractivity contribution in [1.82, 2.24) is 10.2 Å². The van der Waals surface area contributed by atoms with Gasteiger partial charge in [-0.05, 0) is 30.5 Å². The number of aryl methyl sites for hydroxylation is 1. The Morgan fingerprint density at radius 3 is 2.54 bits per heavy atom. The summed E-state index contributed by atoms with van der Waals surface area (Å²) in [4.78, 5) is 37.0. The summed E-state index contributed by atoms with van der Waals surface area (Å²) < 4.78 is 4.99. The van der Waals surface area contributed by atoms with Crippen LogP contribution in [0.5, 0.6) is 0 Å². The summed E-state index contributed by atoms with van der Waals surface area (Å²) in [5, 5.41) is 11.6. The van der Waals surface area contributed by atoms with Crippen molar-refractivity contribution in [3.63, 3.8) is 0 Å². The lowest BCUT2D eigenvalue weighted by molar-refractivity contribution is -0.130. The van der Waals surface area contributed by atoms with Crippen LogP contribution in [-0.2, 0) is 11.2 Å². The number of furan rings is 1. The van der Waals surface area contributed by atoms with E-state index in [-0.39, 0.29) is 23.5 Å². The normalized spacial score (nSPS) is 16.5. The molecule has 1 aliphatic rings. The number of hydrogen-bond donors (Lipinski definition) is 2. The van der Waals surface area contributed by atoms with E-state index in [1.54, 1.807) is 4.90 Å². The van der Waals surface area contributed by atoms with Gasteiger partial charge < -0.3 is 19.7 Å². The third-order valence-corrected chi connectivity index (χ3v) is 4.39. The van der Waals surface area contributed by atoms with Crippen LogP contribution in [0.15, 0.2) is 46.9 Å². The summed E-state index contributed by atoms with van der Waals surface area (Å²) in [7, 11) is 0. The van der Waals surface area contributed by atoms with Crippen LogP contribution in [0.25, 0.3) is 0 Å². The molecular formula is C19H20N2O5. The summed E-state index contributed by atoms with van der Waals surface area (Å²) in [6.07, 6.45) is 1.79. The maximum atomic E-state index is 12.3. The van der Waals surface area contributed by atoms with Gasteiger partial charge in [0, 0.05) is 25.6 Å². The van der Waals surface area contributed by atoms with E-state index in [0.717, 1.165) is 5.56 Å². The van der Waals surface area contributed by atoms with E-state index in [1.807, 2.05) is 30.3 Å². The molecule has 1 unspecified atom stereocenters. The zero-order valence-electron chi connectivity index (χ0n) is 14.2. The predicted octanol–water partition coefficient (Wildman–Crippen LogP) is 1.94. The number of benzene rings is 1. The number of carbonyl (C=O) groups excluding carboxylic acids is 2. The van der Waals surface area contributed by atoms with Crippen LogP contribution in [0.3, 0.4) is 0 Å². The minimum atomic E-state index is -1.22. The molecule has 3 rings (SSSR count). The molecule has 0 saturated carbocycles. The highest BCUT2D eigenvalue weighted by molar-refractivity contribution is 5.93. The highest BCUT2D eigenvalue weighted by atomic mass is 16.4. The lowest BCUT2D eigenvalue weighted by atomic mass is 10.1. The molecule has 136 valence electrons. The predicted molar refractivity (Wildman–Crippen MR) is 92.9 cm³/mol. The second-order valence-electron chi connectivity index (χ2n) is 6.25. The Morgan fingerprint density at radius 2 is 1.85 bits per heavy atom. The van der Waals surface area contributed by atoms with Gasteiger partial charge in [-0.2, -0.15) is 0 Å². The molecule has 1 saturated heterocycles. The van der Waals surface area contributed by atoms with Crippen molar-refractivity contribution >= 4 is 17.8 Å². The van der Waals surface area contributed by atoms with Gasteiger partial charge in [-0.3, -0.25) is 9.59 Å². The smallest absolute Gasteiger partial charge is 0.371 e. The van der Waals surface area contributed by atoms with Crippen LogP contribution in [0.2, 0.25) is 0 Å². The first kappa shape index (κ1) is 17.7. The van der Waals surface area contributed by atoms with E-state index in [4.69, 9.17) is 9.52 Å². The SMILES string of the molecule is O=C(O)c1ccc(C(=O)NC2CCN(C(=O)CCc3ccccc3)C2)o1. The monoisotopic (exact) mass is 356 g/mol. The first-order chi connectivity index (χ1) is 12.5. The van der Waals surface area contributed by atoms with Crippen LogP contribution in [0.1, 0.15) is 39.5 Å². The van der Waals surface area contributed by atoms with Crippen molar-refractivity contribution in [2.45, 2.75) is 25.3 Å². The topological polar surface area (TPSA) is 99.8 Å². The Bertz CT molecular complexity index is 799. The maximum Gasteiger partial charge on any atom is 0.371 e. The number of nitrogens with one attached hydrogen (secondary N) is 1. The van der Waals surface area contributed by atoms with Crippen LogP contribution >= 0.6 is 0 Å². The zero-order chi connectivity index (χ0) is 18.5. The number of likely N-dealkylation sites (tertiary alicyclic amines) is 1. The van der Waals surface area contributed by atoms with E-state index in [2.05, 4.69) is 5.32 Å². The third-order valence-electron chi connectivity index (χ3n) is 4.39. The molecule has 1 aromatic carbocycles. The number of aromatic carboxylic acids is 1. The average molecular weight is 356 g/mol. The molecule has 1 aliphatic heterocycles. The number of nitrogens with zero attached hydrogens (tertiary/aromatic N) is 1. The molecule has 2 amide bonds. The lowest BCUT2D eigenvalue weighted by Gasteiger charge is -2.17. The van der Waals surface area contributed by atoms with E-state index >= 15 is 0 Å². The molecule has 2 heterocycles. The molecule has 0 spiro atoms. The summed E-state index contributed by atoms with van der Waals surface area (Å²) in [5.41, 5.74) is 1.12. The number of carboxylic acids is 1. The van der Waals surface area contributed by atoms with E-state index in [1.165, 1.54) is 12.1 Å². The first-order valence-corrected chi connectivity index (χ1v) is 8.48. The Morgan fingerprint density at radius 1 is 1.12 bits per heavy atom. The quantitative estimate of drug-likeness (QED) is 0.824. The van der Waals surface area contributed by atoms with Gasteiger partial charge in [0.1, 0.15) is 0 Å². The standard InChI is InChI=1S/C19H20N2O5/c22-17(9-6-13-4-2-1-3-5-13)21-11-10-14(12-21)20-18(23)15-7-8-16(26-15)19(24)25/h1-5,7-8,14H,6,9-12H2,(H,20,23)(H,24,25). The number of amides is 2. The molecule has 1 fully saturated rings. The van der Waals surface area contributed by atoms with Crippen molar-refractivity contribution in [2.24, 2.45) is 0 Å². The number of carbonyl (C=O) groups is 3. The molecule has 2 aromatic rings. The Kier molecular flexibility index (Phi) is 5.36. The minimum absolute atomic E-state index is 0.0451. The minimum Gasteiger partial charge on any atom is -0.475 e. The van der Waals surface area contributed by atoms with Gasteiger partial charge in [-0.1, -0.05) is 30.3 Å². The van der Waals surface area contributed by atoms with Gasteiger partial charge in [-0.25, -0.2) is 4.79 Å². The Labute approximate surface area is 150 Å². The van der Waals surface area contributed by atoms with Gasteiger partial charge in [0.2, 0.25) is 11.7 Å². The molecule has 26 heavy (non-hydrogen) atoms. The fourth-order valence-electron chi connectivity index (χ4n) is 2.99. The van der Waals surface area contributed by atoms with Crippen LogP contribution < -0.4 is 5.32 Å². The van der Waals surface area contributed by atoms with Gasteiger partial charge in [0.15, 0.2) is 5.76 Å². The van der Waals surface area contributed by atoms with Crippen molar-refractivity contribution in [1.29, 1.82) is 0 Å². The molecule has 0 aliphatic carbocycles. The Hall–Kier alpha value is -3.09. The zero-order valence-corrected chi connectivity index (χ0v) is 14.2. The fourth-order valence-corrected chi connectivity index (χ4v) is 2.99. The van der Waals surface area contributed by atoms with Gasteiger partial charge >= 0.3 is 5.97 Å². The molecular weight excluding hydrogens is 336 g/mol. The van der Waals surface area contributed by atoms with Gasteiger partial charge in [-0.15, -0.1) is 0 Å². The van der Waals surface area contributed by atoms with Crippen LogP contribution in [0, 0.1) is 0 Å². The lowest BCUT2D eigenvalue weighted by Crippen LogP contribution is -2.38. The summed E-state index contributed by atoms with van der Waals surface area (Å²) >= 11 is 0. The molecule has 7 nitrogen and oxygen atoms in total. The van der Waals surface area contributed by atoms with Crippen molar-refractivity contribution < 1.29 is 23.9 Å². The third kappa shape index (κ3) is 4.30. The summed E-state index contributed by atoms with van der Waals surface area (Å²) in [6, 6.07) is 12.2. The van der Waals surface area contributed by atoms with Crippen LogP contribution in [-0.4, -0.2) is 46.9 Å². The molecule has 1 aromatic heterocycles. The number of rotatable bonds is 6. The van der Waals surface area contributed by atoms with E-state index < -0.39 is 11.9 Å². The van der Waals surface area contributed by atoms with Crippen molar-refractivity contribution in [3.8, 4) is 0 Å². The molecule has 2 N–H and O–H groups in total. The van der Waals surface area contributed by atoms with Crippen molar-refractivity contribution in [2.75, 3.05) is 13.1 Å². The molecule has 7 heteroatoms. The average Bonchev–Trinajstić information content (AvgIpc) is 3.30. The molecule has 0 bridgehead atoms. The maximum absolute atomic E-state index is 12.3. The number of hydrogen-bond acceptors (Lipinski definition) is 4. The van der Waals surface area contributed by atoms with Gasteiger partial charge in [0.05, 0.1) is 0 Å². The second-order valence-corrected chi connectivity index (χ2v) is 6.25. The second kappa shape index (κ2) is 7.86. The number of carboxylic acid groups (broad SMARTS) is 1. The van der Waals surface area contributed by atoms with E-state index in [9.17, 15) is 14.4 Å². The van der Waals surface area contributed by atoms with Crippen molar-refractivity contribution in [3.05, 3.63) is 59.5 Å².